The highest BCUT2D eigenvalue weighted by Crippen LogP contribution is 2.32. The van der Waals surface area contributed by atoms with E-state index >= 15 is 0 Å². The fourth-order valence-corrected chi connectivity index (χ4v) is 4.08. The molecule has 0 saturated heterocycles. The number of halogens is 1. The molecule has 0 aliphatic carbocycles. The predicted octanol–water partition coefficient (Wildman–Crippen LogP) is 5.07. The minimum Gasteiger partial charge on any atom is -0.463 e. The standard InChI is InChI=1S/C23H25ClN4O3S/c1-4-28-14(3)19(21(29)31-5-2)20(27-23(28)32)15-9-11-17(12-10-15)25-22(30)26-18-8-6-7-16(24)13-18/h6-13,20H,4-5H2,1-3H3,(H,27,32)(H2,25,26,30). The zero-order valence-corrected chi connectivity index (χ0v) is 19.6. The van der Waals surface area contributed by atoms with Crippen LogP contribution >= 0.6 is 23.8 Å². The van der Waals surface area contributed by atoms with E-state index in [-0.39, 0.29) is 12.6 Å². The largest absolute Gasteiger partial charge is 0.463 e. The van der Waals surface area contributed by atoms with Gasteiger partial charge in [-0.15, -0.1) is 0 Å². The summed E-state index contributed by atoms with van der Waals surface area (Å²) in [7, 11) is 0. The molecule has 9 heteroatoms. The normalized spacial score (nSPS) is 15.8. The van der Waals surface area contributed by atoms with Crippen molar-refractivity contribution in [2.24, 2.45) is 0 Å². The molecule has 0 radical (unpaired) electrons. The van der Waals surface area contributed by atoms with Crippen LogP contribution in [0.3, 0.4) is 0 Å². The number of amides is 2. The Morgan fingerprint density at radius 1 is 1.12 bits per heavy atom. The fraction of sp³-hybridized carbons (Fsp3) is 0.261. The van der Waals surface area contributed by atoms with Gasteiger partial charge in [-0.1, -0.05) is 29.8 Å². The van der Waals surface area contributed by atoms with Gasteiger partial charge in [0.25, 0.3) is 0 Å². The second kappa shape index (κ2) is 10.5. The average molecular weight is 473 g/mol. The number of carbonyl (C=O) groups is 2. The van der Waals surface area contributed by atoms with Crippen molar-refractivity contribution < 1.29 is 14.3 Å². The van der Waals surface area contributed by atoms with Gasteiger partial charge in [0.15, 0.2) is 5.11 Å². The molecule has 1 aliphatic rings. The summed E-state index contributed by atoms with van der Waals surface area (Å²) >= 11 is 11.4. The molecule has 1 unspecified atom stereocenters. The Labute approximate surface area is 197 Å². The number of rotatable bonds is 6. The Bertz CT molecular complexity index is 1060. The van der Waals surface area contributed by atoms with Crippen LogP contribution in [0.15, 0.2) is 59.8 Å². The molecule has 0 aromatic heterocycles. The van der Waals surface area contributed by atoms with Gasteiger partial charge in [0.1, 0.15) is 0 Å². The van der Waals surface area contributed by atoms with Crippen molar-refractivity contribution in [3.8, 4) is 0 Å². The van der Waals surface area contributed by atoms with Crippen molar-refractivity contribution in [2.75, 3.05) is 23.8 Å². The lowest BCUT2D eigenvalue weighted by Crippen LogP contribution is -2.47. The zero-order chi connectivity index (χ0) is 23.3. The molecule has 168 valence electrons. The number of urea groups is 1. The number of nitrogens with zero attached hydrogens (tertiary/aromatic N) is 1. The van der Waals surface area contributed by atoms with E-state index in [4.69, 9.17) is 28.6 Å². The molecule has 1 aliphatic heterocycles. The van der Waals surface area contributed by atoms with Crippen molar-refractivity contribution in [1.29, 1.82) is 0 Å². The van der Waals surface area contributed by atoms with Gasteiger partial charge >= 0.3 is 12.0 Å². The van der Waals surface area contributed by atoms with Gasteiger partial charge in [0.05, 0.1) is 18.2 Å². The lowest BCUT2D eigenvalue weighted by molar-refractivity contribution is -0.139. The van der Waals surface area contributed by atoms with Crippen LogP contribution in [0.5, 0.6) is 0 Å². The van der Waals surface area contributed by atoms with Crippen molar-refractivity contribution in [3.63, 3.8) is 0 Å². The number of benzene rings is 2. The summed E-state index contributed by atoms with van der Waals surface area (Å²) in [5.74, 6) is -0.383. The minimum absolute atomic E-state index is 0.281. The predicted molar refractivity (Wildman–Crippen MR) is 131 cm³/mol. The van der Waals surface area contributed by atoms with Crippen LogP contribution in [0, 0.1) is 0 Å². The molecule has 2 aromatic rings. The summed E-state index contributed by atoms with van der Waals surface area (Å²) < 4.78 is 5.29. The summed E-state index contributed by atoms with van der Waals surface area (Å²) in [5.41, 5.74) is 3.29. The first-order valence-electron chi connectivity index (χ1n) is 10.2. The second-order valence-corrected chi connectivity index (χ2v) is 7.88. The number of hydrogen-bond donors (Lipinski definition) is 3. The monoisotopic (exact) mass is 472 g/mol. The number of allylic oxidation sites excluding steroid dienone is 1. The third-order valence-corrected chi connectivity index (χ3v) is 5.57. The van der Waals surface area contributed by atoms with E-state index in [1.165, 1.54) is 0 Å². The quantitative estimate of drug-likeness (QED) is 0.402. The first-order chi connectivity index (χ1) is 15.3. The number of ether oxygens (including phenoxy) is 1. The highest BCUT2D eigenvalue weighted by molar-refractivity contribution is 7.80. The van der Waals surface area contributed by atoms with Gasteiger partial charge in [-0.05, 0) is 68.9 Å². The number of nitrogens with one attached hydrogen (secondary N) is 3. The van der Waals surface area contributed by atoms with Crippen LogP contribution < -0.4 is 16.0 Å². The molecule has 3 rings (SSSR count). The average Bonchev–Trinajstić information content (AvgIpc) is 2.74. The molecular formula is C23H25ClN4O3S. The Balaban J connectivity index is 1.78. The summed E-state index contributed by atoms with van der Waals surface area (Å²) in [5, 5.41) is 9.83. The summed E-state index contributed by atoms with van der Waals surface area (Å²) in [6.45, 7) is 6.53. The van der Waals surface area contributed by atoms with Crippen molar-refractivity contribution in [3.05, 3.63) is 70.4 Å². The Morgan fingerprint density at radius 2 is 1.81 bits per heavy atom. The maximum Gasteiger partial charge on any atom is 0.338 e. The Kier molecular flexibility index (Phi) is 7.71. The topological polar surface area (TPSA) is 82.7 Å². The number of thiocarbonyl (C=S) groups is 1. The molecule has 0 saturated carbocycles. The molecule has 7 nitrogen and oxygen atoms in total. The van der Waals surface area contributed by atoms with E-state index in [9.17, 15) is 9.59 Å². The maximum absolute atomic E-state index is 12.7. The van der Waals surface area contributed by atoms with Gasteiger partial charge in [-0.25, -0.2) is 9.59 Å². The van der Waals surface area contributed by atoms with Gasteiger partial charge in [-0.3, -0.25) is 0 Å². The molecule has 0 bridgehead atoms. The first-order valence-corrected chi connectivity index (χ1v) is 11.0. The van der Waals surface area contributed by atoms with E-state index < -0.39 is 12.1 Å². The van der Waals surface area contributed by atoms with E-state index in [1.54, 1.807) is 43.3 Å². The minimum atomic E-state index is -0.446. The Morgan fingerprint density at radius 3 is 2.44 bits per heavy atom. The lowest BCUT2D eigenvalue weighted by atomic mass is 9.95. The Hall–Kier alpha value is -3.10. The van der Waals surface area contributed by atoms with Crippen LogP contribution in [0.4, 0.5) is 16.2 Å². The molecule has 2 amide bonds. The molecule has 1 heterocycles. The van der Waals surface area contributed by atoms with Crippen LogP contribution in [-0.2, 0) is 9.53 Å². The first kappa shape index (κ1) is 23.6. The maximum atomic E-state index is 12.7. The number of anilines is 2. The molecule has 0 fully saturated rings. The van der Waals surface area contributed by atoms with Gasteiger partial charge in [0, 0.05) is 28.6 Å². The van der Waals surface area contributed by atoms with E-state index in [0.717, 1.165) is 11.3 Å². The van der Waals surface area contributed by atoms with E-state index in [1.807, 2.05) is 30.9 Å². The van der Waals surface area contributed by atoms with Crippen molar-refractivity contribution in [1.82, 2.24) is 10.2 Å². The number of esters is 1. The summed E-state index contributed by atoms with van der Waals surface area (Å²) in [6, 6.07) is 13.3. The van der Waals surface area contributed by atoms with Crippen molar-refractivity contribution in [2.45, 2.75) is 26.8 Å². The number of carbonyl (C=O) groups excluding carboxylic acids is 2. The van der Waals surface area contributed by atoms with Crippen LogP contribution in [0.25, 0.3) is 0 Å². The third kappa shape index (κ3) is 5.38. The van der Waals surface area contributed by atoms with Gasteiger partial charge in [-0.2, -0.15) is 0 Å². The lowest BCUT2D eigenvalue weighted by Gasteiger charge is -2.37. The molecule has 3 N–H and O–H groups in total. The van der Waals surface area contributed by atoms with Crippen LogP contribution in [0.2, 0.25) is 5.02 Å². The zero-order valence-electron chi connectivity index (χ0n) is 18.1. The SMILES string of the molecule is CCOC(=O)C1=C(C)N(CC)C(=S)NC1c1ccc(NC(=O)Nc2cccc(Cl)c2)cc1. The van der Waals surface area contributed by atoms with Crippen LogP contribution in [0.1, 0.15) is 32.4 Å². The molecule has 1 atom stereocenters. The third-order valence-electron chi connectivity index (χ3n) is 4.99. The van der Waals surface area contributed by atoms with Gasteiger partial charge in [0.2, 0.25) is 0 Å². The molecule has 32 heavy (non-hydrogen) atoms. The highest BCUT2D eigenvalue weighted by Gasteiger charge is 2.34. The fourth-order valence-electron chi connectivity index (χ4n) is 3.50. The number of hydrogen-bond acceptors (Lipinski definition) is 4. The van der Waals surface area contributed by atoms with Gasteiger partial charge < -0.3 is 25.6 Å². The van der Waals surface area contributed by atoms with Crippen molar-refractivity contribution >= 4 is 52.3 Å². The summed E-state index contributed by atoms with van der Waals surface area (Å²) in [4.78, 5) is 26.9. The smallest absolute Gasteiger partial charge is 0.338 e. The second-order valence-electron chi connectivity index (χ2n) is 7.06. The highest BCUT2D eigenvalue weighted by atomic mass is 35.5. The molecular weight excluding hydrogens is 448 g/mol. The summed E-state index contributed by atoms with van der Waals surface area (Å²) in [6.07, 6.45) is 0. The van der Waals surface area contributed by atoms with Crippen LogP contribution in [-0.4, -0.2) is 35.2 Å². The molecule has 2 aromatic carbocycles. The van der Waals surface area contributed by atoms with E-state index in [0.29, 0.717) is 33.6 Å². The van der Waals surface area contributed by atoms with E-state index in [2.05, 4.69) is 16.0 Å². The molecule has 0 spiro atoms.